The maximum absolute atomic E-state index is 13.7. The summed E-state index contributed by atoms with van der Waals surface area (Å²) in [4.78, 5) is 32.2. The third-order valence-electron chi connectivity index (χ3n) is 14.0. The molecule has 2 fully saturated rings. The summed E-state index contributed by atoms with van der Waals surface area (Å²) in [6.07, 6.45) is 8.99. The molecule has 0 amide bonds. The Balaban J connectivity index is 0.880. The highest BCUT2D eigenvalue weighted by atomic mass is 16.6. The van der Waals surface area contributed by atoms with Crippen molar-refractivity contribution in [2.45, 2.75) is 73.0 Å². The minimum Gasteiger partial charge on any atom is -0.482 e. The van der Waals surface area contributed by atoms with Crippen molar-refractivity contribution in [1.82, 2.24) is 9.80 Å². The molecular formula is C42H40N2O8. The van der Waals surface area contributed by atoms with Crippen molar-refractivity contribution in [2.24, 2.45) is 11.8 Å². The molecule has 0 radical (unpaired) electrons. The van der Waals surface area contributed by atoms with E-state index < -0.39 is 36.4 Å². The van der Waals surface area contributed by atoms with Crippen LogP contribution >= 0.6 is 0 Å². The molecule has 4 heterocycles. The Hall–Kier alpha value is -4.48. The van der Waals surface area contributed by atoms with Gasteiger partial charge in [-0.1, -0.05) is 42.5 Å². The van der Waals surface area contributed by atoms with E-state index in [1.807, 2.05) is 24.3 Å². The minimum atomic E-state index is -0.760. The Morgan fingerprint density at radius 1 is 0.692 bits per heavy atom. The molecule has 0 saturated carbocycles. The number of benzene rings is 3. The van der Waals surface area contributed by atoms with Crippen LogP contribution in [0.5, 0.6) is 23.0 Å². The van der Waals surface area contributed by atoms with Gasteiger partial charge in [0.05, 0.1) is 11.1 Å². The molecule has 2 saturated heterocycles. The molecular weight excluding hydrogens is 660 g/mol. The summed E-state index contributed by atoms with van der Waals surface area (Å²) in [6, 6.07) is 14.6. The van der Waals surface area contributed by atoms with Crippen LogP contribution in [0.25, 0.3) is 0 Å². The fourth-order valence-electron chi connectivity index (χ4n) is 11.7. The van der Waals surface area contributed by atoms with Gasteiger partial charge in [-0.15, -0.1) is 0 Å². The highest BCUT2D eigenvalue weighted by Gasteiger charge is 2.65. The maximum Gasteiger partial charge on any atom is 0.343 e. The molecule has 4 aliphatic carbocycles. The van der Waals surface area contributed by atoms with Crippen LogP contribution < -0.4 is 18.9 Å². The first-order valence-corrected chi connectivity index (χ1v) is 18.5. The molecule has 10 nitrogen and oxygen atoms in total. The minimum absolute atomic E-state index is 0.192. The second-order valence-electron chi connectivity index (χ2n) is 16.2. The van der Waals surface area contributed by atoms with Crippen molar-refractivity contribution in [3.63, 3.8) is 0 Å². The zero-order chi connectivity index (χ0) is 35.3. The molecule has 10 heteroatoms. The van der Waals surface area contributed by atoms with Crippen molar-refractivity contribution < 1.29 is 38.7 Å². The molecule has 4 aliphatic heterocycles. The average molecular weight is 701 g/mol. The largest absolute Gasteiger partial charge is 0.482 e. The van der Waals surface area contributed by atoms with Crippen LogP contribution in [0.15, 0.2) is 72.8 Å². The van der Waals surface area contributed by atoms with Crippen LogP contribution in [-0.4, -0.2) is 95.6 Å². The van der Waals surface area contributed by atoms with Gasteiger partial charge in [0, 0.05) is 45.9 Å². The topological polar surface area (TPSA) is 118 Å². The van der Waals surface area contributed by atoms with Gasteiger partial charge < -0.3 is 39.0 Å². The van der Waals surface area contributed by atoms with Crippen LogP contribution in [0.3, 0.4) is 0 Å². The monoisotopic (exact) mass is 700 g/mol. The maximum atomic E-state index is 13.7. The highest BCUT2D eigenvalue weighted by molar-refractivity contribution is 5.97. The number of piperidine rings is 2. The summed E-state index contributed by atoms with van der Waals surface area (Å²) in [7, 11) is 4.32. The van der Waals surface area contributed by atoms with Crippen molar-refractivity contribution >= 4 is 11.9 Å². The van der Waals surface area contributed by atoms with Crippen LogP contribution in [0, 0.1) is 11.8 Å². The predicted octanol–water partition coefficient (Wildman–Crippen LogP) is 3.74. The number of likely N-dealkylation sites (tertiary alicyclic amines) is 2. The number of carbonyl (C=O) groups is 2. The van der Waals surface area contributed by atoms with E-state index in [-0.39, 0.29) is 33.8 Å². The first-order chi connectivity index (χ1) is 25.2. The molecule has 3 aromatic rings. The van der Waals surface area contributed by atoms with E-state index in [1.165, 1.54) is 17.2 Å². The van der Waals surface area contributed by atoms with Crippen LogP contribution in [0.1, 0.15) is 55.8 Å². The summed E-state index contributed by atoms with van der Waals surface area (Å²) in [5, 5.41) is 22.2. The van der Waals surface area contributed by atoms with E-state index in [4.69, 9.17) is 18.9 Å². The van der Waals surface area contributed by atoms with Gasteiger partial charge >= 0.3 is 11.9 Å². The third kappa shape index (κ3) is 3.83. The molecule has 2 N–H and O–H groups in total. The quantitative estimate of drug-likeness (QED) is 0.237. The number of hydrogen-bond acceptors (Lipinski definition) is 10. The number of aliphatic hydroxyl groups excluding tert-OH is 2. The van der Waals surface area contributed by atoms with Gasteiger partial charge in [0.25, 0.3) is 0 Å². The second kappa shape index (κ2) is 10.6. The second-order valence-corrected chi connectivity index (χ2v) is 16.2. The fraction of sp³-hybridized carbons (Fsp3) is 0.429. The molecule has 10 atom stereocenters. The van der Waals surface area contributed by atoms with Crippen LogP contribution in [-0.2, 0) is 23.7 Å². The zero-order valence-corrected chi connectivity index (χ0v) is 29.0. The summed E-state index contributed by atoms with van der Waals surface area (Å²) >= 11 is 0. The molecule has 52 heavy (non-hydrogen) atoms. The molecule has 4 bridgehead atoms. The number of esters is 2. The summed E-state index contributed by atoms with van der Waals surface area (Å²) < 4.78 is 25.1. The van der Waals surface area contributed by atoms with Crippen molar-refractivity contribution in [1.29, 1.82) is 0 Å². The molecule has 266 valence electrons. The van der Waals surface area contributed by atoms with Crippen LogP contribution in [0.2, 0.25) is 0 Å². The van der Waals surface area contributed by atoms with Crippen molar-refractivity contribution in [3.8, 4) is 23.0 Å². The lowest BCUT2D eigenvalue weighted by atomic mass is 9.53. The van der Waals surface area contributed by atoms with Crippen molar-refractivity contribution in [3.05, 3.63) is 106 Å². The number of nitrogens with zero attached hydrogens (tertiary/aromatic N) is 2. The lowest BCUT2D eigenvalue weighted by Crippen LogP contribution is -2.64. The normalized spacial score (nSPS) is 36.7. The van der Waals surface area contributed by atoms with E-state index in [9.17, 15) is 19.8 Å². The molecule has 0 aromatic heterocycles. The summed E-state index contributed by atoms with van der Waals surface area (Å²) in [6.45, 7) is 1.79. The van der Waals surface area contributed by atoms with Gasteiger partial charge in [-0.05, 0) is 94.3 Å². The number of hydrogen-bond donors (Lipinski definition) is 2. The van der Waals surface area contributed by atoms with Gasteiger partial charge in [-0.25, -0.2) is 9.59 Å². The lowest BCUT2D eigenvalue weighted by Gasteiger charge is -2.56. The summed E-state index contributed by atoms with van der Waals surface area (Å²) in [5.41, 5.74) is 4.10. The first-order valence-electron chi connectivity index (χ1n) is 18.5. The Labute approximate surface area is 301 Å². The first kappa shape index (κ1) is 31.1. The van der Waals surface area contributed by atoms with Gasteiger partial charge in [-0.3, -0.25) is 0 Å². The van der Waals surface area contributed by atoms with Crippen molar-refractivity contribution in [2.75, 3.05) is 27.2 Å². The Bertz CT molecular complexity index is 2020. The van der Waals surface area contributed by atoms with E-state index in [0.717, 1.165) is 49.9 Å². The zero-order valence-electron chi connectivity index (χ0n) is 29.0. The Morgan fingerprint density at radius 2 is 1.15 bits per heavy atom. The van der Waals surface area contributed by atoms with Crippen LogP contribution in [0.4, 0.5) is 0 Å². The van der Waals surface area contributed by atoms with Gasteiger partial charge in [-0.2, -0.15) is 0 Å². The number of aliphatic hydroxyl groups is 2. The van der Waals surface area contributed by atoms with Gasteiger partial charge in [0.1, 0.15) is 24.4 Å². The van der Waals surface area contributed by atoms with E-state index in [2.05, 4.69) is 36.0 Å². The highest BCUT2D eigenvalue weighted by Crippen LogP contribution is 2.64. The molecule has 3 aromatic carbocycles. The van der Waals surface area contributed by atoms with Gasteiger partial charge in [0.2, 0.25) is 0 Å². The number of likely N-dealkylation sites (N-methyl/N-ethyl adjacent to an activating group) is 2. The Morgan fingerprint density at radius 3 is 1.62 bits per heavy atom. The van der Waals surface area contributed by atoms with E-state index >= 15 is 0 Å². The lowest BCUT2D eigenvalue weighted by molar-refractivity contribution is -0.0453. The van der Waals surface area contributed by atoms with E-state index in [0.29, 0.717) is 35.1 Å². The van der Waals surface area contributed by atoms with Gasteiger partial charge in [0.15, 0.2) is 23.0 Å². The average Bonchev–Trinajstić information content (AvgIpc) is 3.69. The number of carbonyl (C=O) groups excluding carboxylic acids is 2. The molecule has 2 spiro atoms. The molecule has 8 aliphatic rings. The SMILES string of the molecule is CN1CC[C@@]23c4c5ccc(OC(=O)c6cccc(C(=O)Oc7ccc8c9c7O[C@H]7[C@H](O)C=CC%10[C@H](C8)N(C)CC[C@]9%107)c6)c4O[C@@H]2C(O)C=CC3[C@@H]1C5. The summed E-state index contributed by atoms with van der Waals surface area (Å²) in [5.74, 6) is 0.823. The third-order valence-corrected chi connectivity index (χ3v) is 14.0. The predicted molar refractivity (Wildman–Crippen MR) is 188 cm³/mol. The molecule has 3 unspecified atom stereocenters. The number of rotatable bonds is 4. The smallest absolute Gasteiger partial charge is 0.343 e. The number of ether oxygens (including phenoxy) is 4. The standard InChI is InChI=1S/C42H40N2O8/c1-43-16-14-41-25-8-10-29(45)37(41)51-35-31(12-6-21(33(35)41)19-27(25)43)49-39(47)23-4-3-5-24(18-23)40(48)50-32-13-7-22-20-28-26-9-11-30(46)38-42(26,15-17-44(28)2)34(22)36(32)52-38/h3-13,18,25-30,37-38,45-46H,14-17,19-20H2,1-2H3/t25?,26?,27-,28-,29+,30?,37-,38+,41+,42+/m0/s1. The fourth-order valence-corrected chi connectivity index (χ4v) is 11.7. The van der Waals surface area contributed by atoms with E-state index in [1.54, 1.807) is 30.3 Å². The Kier molecular flexibility index (Phi) is 6.31. The molecule has 11 rings (SSSR count).